The Balaban J connectivity index is 2.08. The molecule has 5 nitrogen and oxygen atoms in total. The van der Waals surface area contributed by atoms with E-state index in [2.05, 4.69) is 20.6 Å². The Labute approximate surface area is 108 Å². The molecule has 2 rings (SSSR count). The molecule has 0 aliphatic heterocycles. The lowest BCUT2D eigenvalue weighted by molar-refractivity contribution is 0.101. The van der Waals surface area contributed by atoms with Crippen LogP contribution in [0.25, 0.3) is 0 Å². The van der Waals surface area contributed by atoms with E-state index in [1.165, 1.54) is 6.42 Å². The molecule has 18 heavy (non-hydrogen) atoms. The molecule has 0 saturated heterocycles. The largest absolute Gasteiger partial charge is 0.379 e. The number of nitrogens with one attached hydrogen (secondary N) is 2. The minimum absolute atomic E-state index is 0.294. The quantitative estimate of drug-likeness (QED) is 0.839. The fraction of sp³-hybridized carbons (Fsp3) is 0.692. The van der Waals surface area contributed by atoms with Crippen molar-refractivity contribution in [2.75, 3.05) is 24.3 Å². The van der Waals surface area contributed by atoms with Gasteiger partial charge in [0.15, 0.2) is 0 Å². The molecule has 1 aliphatic rings. The summed E-state index contributed by atoms with van der Waals surface area (Å²) in [7, 11) is 1.78. The fourth-order valence-corrected chi connectivity index (χ4v) is 2.44. The van der Waals surface area contributed by atoms with E-state index < -0.39 is 0 Å². The van der Waals surface area contributed by atoms with Crippen LogP contribution in [0.3, 0.4) is 0 Å². The van der Waals surface area contributed by atoms with Crippen molar-refractivity contribution in [1.29, 1.82) is 0 Å². The van der Waals surface area contributed by atoms with E-state index in [1.807, 2.05) is 19.9 Å². The zero-order valence-electron chi connectivity index (χ0n) is 11.4. The third kappa shape index (κ3) is 3.10. The molecule has 2 atom stereocenters. The van der Waals surface area contributed by atoms with Crippen LogP contribution in [0.5, 0.6) is 0 Å². The Bertz CT molecular complexity index is 397. The molecule has 0 radical (unpaired) electrons. The fourth-order valence-electron chi connectivity index (χ4n) is 2.44. The zero-order chi connectivity index (χ0) is 13.0. The van der Waals surface area contributed by atoms with E-state index in [9.17, 15) is 0 Å². The number of methoxy groups -OCH3 is 1. The minimum Gasteiger partial charge on any atom is -0.379 e. The van der Waals surface area contributed by atoms with Crippen molar-refractivity contribution < 1.29 is 4.74 Å². The highest BCUT2D eigenvalue weighted by atomic mass is 16.5. The molecular formula is C13H22N4O. The van der Waals surface area contributed by atoms with Gasteiger partial charge in [0.1, 0.15) is 5.82 Å². The van der Waals surface area contributed by atoms with Crippen molar-refractivity contribution in [3.05, 3.63) is 11.8 Å². The number of aromatic nitrogens is 2. The Morgan fingerprint density at radius 1 is 1.39 bits per heavy atom. The van der Waals surface area contributed by atoms with Gasteiger partial charge in [0.2, 0.25) is 5.95 Å². The molecule has 0 bridgehead atoms. The number of rotatable bonds is 5. The molecule has 1 fully saturated rings. The maximum atomic E-state index is 5.48. The first-order valence-corrected chi connectivity index (χ1v) is 6.61. The summed E-state index contributed by atoms with van der Waals surface area (Å²) in [5, 5.41) is 6.61. The first kappa shape index (κ1) is 13.1. The van der Waals surface area contributed by atoms with Crippen LogP contribution in [-0.4, -0.2) is 35.8 Å². The van der Waals surface area contributed by atoms with Crippen molar-refractivity contribution in [2.24, 2.45) is 0 Å². The van der Waals surface area contributed by atoms with E-state index in [4.69, 9.17) is 4.74 Å². The lowest BCUT2D eigenvalue weighted by Gasteiger charge is -2.20. The molecule has 2 N–H and O–H groups in total. The van der Waals surface area contributed by atoms with Crippen molar-refractivity contribution in [3.63, 3.8) is 0 Å². The predicted molar refractivity (Wildman–Crippen MR) is 73.0 cm³/mol. The summed E-state index contributed by atoms with van der Waals surface area (Å²) in [5.41, 5.74) is 0.968. The van der Waals surface area contributed by atoms with Crippen LogP contribution in [0, 0.1) is 6.92 Å². The Morgan fingerprint density at radius 2 is 2.22 bits per heavy atom. The van der Waals surface area contributed by atoms with Crippen LogP contribution in [0.15, 0.2) is 6.07 Å². The topological polar surface area (TPSA) is 59.1 Å². The van der Waals surface area contributed by atoms with E-state index in [0.717, 1.165) is 30.9 Å². The van der Waals surface area contributed by atoms with Gasteiger partial charge in [-0.25, -0.2) is 4.98 Å². The average molecular weight is 250 g/mol. The van der Waals surface area contributed by atoms with Gasteiger partial charge in [-0.3, -0.25) is 0 Å². The van der Waals surface area contributed by atoms with Crippen LogP contribution < -0.4 is 10.6 Å². The summed E-state index contributed by atoms with van der Waals surface area (Å²) >= 11 is 0. The van der Waals surface area contributed by atoms with Gasteiger partial charge in [-0.1, -0.05) is 0 Å². The third-order valence-corrected chi connectivity index (χ3v) is 3.28. The monoisotopic (exact) mass is 250 g/mol. The minimum atomic E-state index is 0.294. The summed E-state index contributed by atoms with van der Waals surface area (Å²) in [6.45, 7) is 4.85. The van der Waals surface area contributed by atoms with Gasteiger partial charge in [0.05, 0.1) is 12.1 Å². The maximum Gasteiger partial charge on any atom is 0.224 e. The molecule has 1 saturated carbocycles. The van der Waals surface area contributed by atoms with E-state index in [0.29, 0.717) is 18.1 Å². The SMILES string of the molecule is CCNc1nc(C)cc(NC2CCCC2OC)n1. The van der Waals surface area contributed by atoms with Gasteiger partial charge < -0.3 is 15.4 Å². The Hall–Kier alpha value is -1.36. The number of aryl methyl sites for hydroxylation is 1. The predicted octanol–water partition coefficient (Wildman–Crippen LogP) is 2.20. The second-order valence-electron chi connectivity index (χ2n) is 4.70. The average Bonchev–Trinajstić information content (AvgIpc) is 2.76. The molecule has 0 aromatic carbocycles. The number of ether oxygens (including phenoxy) is 1. The van der Waals surface area contributed by atoms with Crippen LogP contribution in [0.1, 0.15) is 31.9 Å². The summed E-state index contributed by atoms with van der Waals surface area (Å²) in [6.07, 6.45) is 3.76. The van der Waals surface area contributed by atoms with Gasteiger partial charge in [0.25, 0.3) is 0 Å². The molecule has 100 valence electrons. The molecule has 1 aliphatic carbocycles. The van der Waals surface area contributed by atoms with Crippen LogP contribution in [-0.2, 0) is 4.74 Å². The number of hydrogen-bond donors (Lipinski definition) is 2. The highest BCUT2D eigenvalue weighted by Gasteiger charge is 2.27. The molecule has 1 aromatic rings. The van der Waals surface area contributed by atoms with E-state index >= 15 is 0 Å². The lowest BCUT2D eigenvalue weighted by Crippen LogP contribution is -2.30. The van der Waals surface area contributed by atoms with Crippen molar-refractivity contribution in [2.45, 2.75) is 45.3 Å². The first-order valence-electron chi connectivity index (χ1n) is 6.61. The summed E-state index contributed by atoms with van der Waals surface area (Å²) in [5.74, 6) is 1.57. The molecule has 1 heterocycles. The summed E-state index contributed by atoms with van der Waals surface area (Å²) < 4.78 is 5.48. The molecular weight excluding hydrogens is 228 g/mol. The summed E-state index contributed by atoms with van der Waals surface area (Å²) in [6, 6.07) is 2.34. The summed E-state index contributed by atoms with van der Waals surface area (Å²) in [4.78, 5) is 8.81. The standard InChI is InChI=1S/C13H22N4O/c1-4-14-13-15-9(2)8-12(17-13)16-10-6-5-7-11(10)18-3/h8,10-11H,4-7H2,1-3H3,(H2,14,15,16,17). The van der Waals surface area contributed by atoms with Gasteiger partial charge >= 0.3 is 0 Å². The highest BCUT2D eigenvalue weighted by Crippen LogP contribution is 2.24. The molecule has 0 amide bonds. The zero-order valence-corrected chi connectivity index (χ0v) is 11.4. The van der Waals surface area contributed by atoms with Crippen LogP contribution in [0.4, 0.5) is 11.8 Å². The van der Waals surface area contributed by atoms with Crippen molar-refractivity contribution >= 4 is 11.8 Å². The number of anilines is 2. The smallest absolute Gasteiger partial charge is 0.224 e. The van der Waals surface area contributed by atoms with Crippen LogP contribution >= 0.6 is 0 Å². The first-order chi connectivity index (χ1) is 8.72. The van der Waals surface area contributed by atoms with Crippen molar-refractivity contribution in [3.8, 4) is 0 Å². The van der Waals surface area contributed by atoms with E-state index in [-0.39, 0.29) is 0 Å². The van der Waals surface area contributed by atoms with Crippen molar-refractivity contribution in [1.82, 2.24) is 9.97 Å². The second-order valence-corrected chi connectivity index (χ2v) is 4.70. The Morgan fingerprint density at radius 3 is 2.94 bits per heavy atom. The van der Waals surface area contributed by atoms with Gasteiger partial charge in [-0.05, 0) is 33.1 Å². The number of hydrogen-bond acceptors (Lipinski definition) is 5. The van der Waals surface area contributed by atoms with Gasteiger partial charge in [-0.15, -0.1) is 0 Å². The molecule has 2 unspecified atom stereocenters. The van der Waals surface area contributed by atoms with Gasteiger partial charge in [-0.2, -0.15) is 4.98 Å². The van der Waals surface area contributed by atoms with Gasteiger partial charge in [0, 0.05) is 25.4 Å². The van der Waals surface area contributed by atoms with E-state index in [1.54, 1.807) is 7.11 Å². The molecule has 5 heteroatoms. The maximum absolute atomic E-state index is 5.48. The molecule has 1 aromatic heterocycles. The third-order valence-electron chi connectivity index (χ3n) is 3.28. The Kier molecular flexibility index (Phi) is 4.36. The lowest BCUT2D eigenvalue weighted by atomic mass is 10.2. The van der Waals surface area contributed by atoms with Crippen LogP contribution in [0.2, 0.25) is 0 Å². The molecule has 0 spiro atoms. The second kappa shape index (κ2) is 6.00. The normalized spacial score (nSPS) is 23.1. The number of nitrogens with zero attached hydrogens (tertiary/aromatic N) is 2. The highest BCUT2D eigenvalue weighted by molar-refractivity contribution is 5.43.